The maximum absolute atomic E-state index is 11.7. The van der Waals surface area contributed by atoms with Gasteiger partial charge in [0, 0.05) is 17.7 Å². The molecule has 1 heterocycles. The number of para-hydroxylation sites is 1. The lowest BCUT2D eigenvalue weighted by molar-refractivity contribution is -0.145. The molecule has 2 aliphatic rings. The van der Waals surface area contributed by atoms with Gasteiger partial charge in [0.2, 0.25) is 0 Å². The van der Waals surface area contributed by atoms with Crippen LogP contribution >= 0.6 is 12.2 Å². The van der Waals surface area contributed by atoms with Crippen molar-refractivity contribution in [1.82, 2.24) is 5.43 Å². The predicted octanol–water partition coefficient (Wildman–Crippen LogP) is 5.68. The number of hydrogen-bond donors (Lipinski definition) is 2. The van der Waals surface area contributed by atoms with E-state index in [1.165, 1.54) is 12.0 Å². The van der Waals surface area contributed by atoms with Crippen LogP contribution in [0.25, 0.3) is 0 Å². The molecule has 1 aliphatic carbocycles. The van der Waals surface area contributed by atoms with Crippen molar-refractivity contribution < 1.29 is 19.0 Å². The summed E-state index contributed by atoms with van der Waals surface area (Å²) in [6.45, 7) is 6.13. The Kier molecular flexibility index (Phi) is 8.46. The molecule has 8 heteroatoms. The number of benzene rings is 2. The van der Waals surface area contributed by atoms with E-state index < -0.39 is 5.97 Å². The highest BCUT2D eigenvalue weighted by molar-refractivity contribution is 7.80. The van der Waals surface area contributed by atoms with Crippen LogP contribution in [0.1, 0.15) is 69.1 Å². The monoisotopic (exact) mass is 509 g/mol. The van der Waals surface area contributed by atoms with E-state index in [-0.39, 0.29) is 12.2 Å². The third-order valence-corrected chi connectivity index (χ3v) is 6.97. The molecule has 2 aromatic carbocycles. The van der Waals surface area contributed by atoms with Gasteiger partial charge in [0.25, 0.3) is 0 Å². The van der Waals surface area contributed by atoms with Crippen LogP contribution in [0.3, 0.4) is 0 Å². The number of ether oxygens (including phenoxy) is 3. The lowest BCUT2D eigenvalue weighted by Gasteiger charge is -2.41. The van der Waals surface area contributed by atoms with E-state index in [4.69, 9.17) is 31.5 Å². The van der Waals surface area contributed by atoms with E-state index in [1.807, 2.05) is 18.2 Å². The average Bonchev–Trinajstić information content (AvgIpc) is 2.88. The number of esters is 1. The van der Waals surface area contributed by atoms with Crippen molar-refractivity contribution in [1.29, 1.82) is 0 Å². The van der Waals surface area contributed by atoms with Gasteiger partial charge < -0.3 is 19.5 Å². The highest BCUT2D eigenvalue weighted by Gasteiger charge is 2.40. The summed E-state index contributed by atoms with van der Waals surface area (Å²) in [5, 5.41) is 8.52. The summed E-state index contributed by atoms with van der Waals surface area (Å²) in [7, 11) is 0. The minimum Gasteiger partial charge on any atom is -0.486 e. The first-order valence-electron chi connectivity index (χ1n) is 12.8. The molecule has 2 aromatic rings. The van der Waals surface area contributed by atoms with Gasteiger partial charge in [-0.15, -0.1) is 0 Å². The molecule has 0 amide bonds. The largest absolute Gasteiger partial charge is 0.486 e. The van der Waals surface area contributed by atoms with Crippen LogP contribution in [0.5, 0.6) is 11.5 Å². The van der Waals surface area contributed by atoms with Crippen LogP contribution in [0.4, 0.5) is 5.69 Å². The van der Waals surface area contributed by atoms with Gasteiger partial charge in [-0.05, 0) is 87.5 Å². The smallest absolute Gasteiger partial charge is 0.344 e. The quantitative estimate of drug-likeness (QED) is 0.283. The summed E-state index contributed by atoms with van der Waals surface area (Å²) < 4.78 is 17.2. The third kappa shape index (κ3) is 6.16. The number of anilines is 1. The standard InChI is InChI=1S/C28H35N3O4S/c1-4-20-11-9-10-19(3)26(20)29-27(36)31-30-23-17-28(14-7-6-8-15-28)35-24-13-12-21(16-22(23)24)34-18-25(32)33-5-2/h9-13,16H,4-8,14-15,17-18H2,1-3H3,(H2,29,31,36)/b30-23+. The molecule has 0 saturated heterocycles. The van der Waals surface area contributed by atoms with Crippen molar-refractivity contribution in [3.8, 4) is 11.5 Å². The zero-order valence-corrected chi connectivity index (χ0v) is 22.1. The zero-order chi connectivity index (χ0) is 25.5. The van der Waals surface area contributed by atoms with Crippen LogP contribution in [0, 0.1) is 6.92 Å². The number of thiocarbonyl (C=S) groups is 1. The maximum Gasteiger partial charge on any atom is 0.344 e. The molecule has 1 spiro atoms. The molecule has 192 valence electrons. The second-order valence-corrected chi connectivity index (χ2v) is 9.77. The summed E-state index contributed by atoms with van der Waals surface area (Å²) in [4.78, 5) is 11.7. The number of hydrogen-bond acceptors (Lipinski definition) is 6. The molecule has 0 unspecified atom stereocenters. The number of rotatable bonds is 7. The number of aryl methyl sites for hydroxylation is 2. The van der Waals surface area contributed by atoms with Gasteiger partial charge in [-0.25, -0.2) is 4.79 Å². The Labute approximate surface area is 218 Å². The Bertz CT molecular complexity index is 1140. The molecule has 1 aliphatic heterocycles. The second kappa shape index (κ2) is 11.7. The second-order valence-electron chi connectivity index (χ2n) is 9.36. The first kappa shape index (κ1) is 25.9. The first-order valence-corrected chi connectivity index (χ1v) is 13.2. The fraction of sp³-hybridized carbons (Fsp3) is 0.464. The van der Waals surface area contributed by atoms with E-state index in [0.29, 0.717) is 23.9 Å². The fourth-order valence-electron chi connectivity index (χ4n) is 4.96. The summed E-state index contributed by atoms with van der Waals surface area (Å²) in [5.41, 5.74) is 7.87. The summed E-state index contributed by atoms with van der Waals surface area (Å²) in [6.07, 6.45) is 7.10. The van der Waals surface area contributed by atoms with Crippen molar-refractivity contribution in [2.45, 2.75) is 71.3 Å². The lowest BCUT2D eigenvalue weighted by Crippen LogP contribution is -2.44. The zero-order valence-electron chi connectivity index (χ0n) is 21.3. The van der Waals surface area contributed by atoms with Crippen LogP contribution < -0.4 is 20.2 Å². The van der Waals surface area contributed by atoms with Crippen molar-refractivity contribution in [3.63, 3.8) is 0 Å². The van der Waals surface area contributed by atoms with Crippen LogP contribution in [-0.4, -0.2) is 35.6 Å². The minimum absolute atomic E-state index is 0.146. The Morgan fingerprint density at radius 2 is 1.97 bits per heavy atom. The van der Waals surface area contributed by atoms with Crippen LogP contribution in [0.15, 0.2) is 41.5 Å². The van der Waals surface area contributed by atoms with Gasteiger partial charge in [-0.2, -0.15) is 5.10 Å². The average molecular weight is 510 g/mol. The SMILES string of the molecule is CCOC(=O)COc1ccc2c(c1)/C(=N/NC(=S)Nc1c(C)cccc1CC)CC1(CCCCC1)O2. The molecular weight excluding hydrogens is 474 g/mol. The summed E-state index contributed by atoms with van der Waals surface area (Å²) in [6, 6.07) is 11.8. The molecule has 1 saturated carbocycles. The molecule has 7 nitrogen and oxygen atoms in total. The normalized spacial score (nSPS) is 17.1. The van der Waals surface area contributed by atoms with Gasteiger partial charge in [-0.3, -0.25) is 5.43 Å². The van der Waals surface area contributed by atoms with Gasteiger partial charge in [-0.1, -0.05) is 31.5 Å². The van der Waals surface area contributed by atoms with E-state index in [1.54, 1.807) is 6.92 Å². The Hall–Kier alpha value is -3.13. The number of carbonyl (C=O) groups is 1. The number of nitrogens with zero attached hydrogens (tertiary/aromatic N) is 1. The van der Waals surface area contributed by atoms with Gasteiger partial charge in [0.05, 0.1) is 12.3 Å². The molecule has 0 atom stereocenters. The molecule has 0 aromatic heterocycles. The summed E-state index contributed by atoms with van der Waals surface area (Å²) in [5.74, 6) is 0.936. The topological polar surface area (TPSA) is 81.2 Å². The molecule has 2 N–H and O–H groups in total. The summed E-state index contributed by atoms with van der Waals surface area (Å²) >= 11 is 5.60. The Morgan fingerprint density at radius 1 is 1.17 bits per heavy atom. The van der Waals surface area contributed by atoms with Gasteiger partial charge in [0.1, 0.15) is 17.1 Å². The Morgan fingerprint density at radius 3 is 2.72 bits per heavy atom. The van der Waals surface area contributed by atoms with Crippen molar-refractivity contribution in [3.05, 3.63) is 53.1 Å². The minimum atomic E-state index is -0.401. The van der Waals surface area contributed by atoms with Crippen molar-refractivity contribution >= 4 is 34.7 Å². The van der Waals surface area contributed by atoms with E-state index in [2.05, 4.69) is 42.8 Å². The van der Waals surface area contributed by atoms with E-state index in [9.17, 15) is 4.79 Å². The number of hydrazone groups is 1. The molecule has 0 radical (unpaired) electrons. The highest BCUT2D eigenvalue weighted by Crippen LogP contribution is 2.43. The molecule has 4 rings (SSSR count). The van der Waals surface area contributed by atoms with E-state index >= 15 is 0 Å². The first-order chi connectivity index (χ1) is 17.4. The van der Waals surface area contributed by atoms with E-state index in [0.717, 1.165) is 60.4 Å². The molecule has 0 bridgehead atoms. The highest BCUT2D eigenvalue weighted by atomic mass is 32.1. The number of nitrogens with one attached hydrogen (secondary N) is 2. The Balaban J connectivity index is 1.56. The molecule has 36 heavy (non-hydrogen) atoms. The number of carbonyl (C=O) groups excluding carboxylic acids is 1. The maximum atomic E-state index is 11.7. The van der Waals surface area contributed by atoms with Crippen molar-refractivity contribution in [2.75, 3.05) is 18.5 Å². The molecular formula is C28H35N3O4S. The van der Waals surface area contributed by atoms with Crippen LogP contribution in [-0.2, 0) is 16.0 Å². The van der Waals surface area contributed by atoms with Crippen LogP contribution in [0.2, 0.25) is 0 Å². The predicted molar refractivity (Wildman–Crippen MR) is 146 cm³/mol. The third-order valence-electron chi connectivity index (χ3n) is 6.78. The van der Waals surface area contributed by atoms with Crippen molar-refractivity contribution in [2.24, 2.45) is 5.10 Å². The van der Waals surface area contributed by atoms with Gasteiger partial charge >= 0.3 is 5.97 Å². The number of fused-ring (bicyclic) bond motifs is 1. The van der Waals surface area contributed by atoms with Gasteiger partial charge in [0.15, 0.2) is 11.7 Å². The fourth-order valence-corrected chi connectivity index (χ4v) is 5.11. The molecule has 1 fully saturated rings. The lowest BCUT2D eigenvalue weighted by atomic mass is 9.78.